The molecule has 2 saturated heterocycles. The van der Waals surface area contributed by atoms with Crippen molar-refractivity contribution in [2.75, 3.05) is 26.2 Å². The summed E-state index contributed by atoms with van der Waals surface area (Å²) in [6.07, 6.45) is -0.325. The maximum absolute atomic E-state index is 12.8. The molecule has 0 atom stereocenters. The number of sulfonamides is 1. The van der Waals surface area contributed by atoms with E-state index < -0.39 is 15.6 Å². The predicted octanol–water partition coefficient (Wildman–Crippen LogP) is 2.54. The molecular weight excluding hydrogens is 340 g/mol. The van der Waals surface area contributed by atoms with Crippen LogP contribution in [0.2, 0.25) is 0 Å². The molecule has 7 heteroatoms. The summed E-state index contributed by atoms with van der Waals surface area (Å²) >= 11 is 0. The highest BCUT2D eigenvalue weighted by molar-refractivity contribution is 7.89. The lowest BCUT2D eigenvalue weighted by molar-refractivity contribution is -0.0839. The van der Waals surface area contributed by atoms with Crippen molar-refractivity contribution in [2.45, 2.75) is 45.1 Å². The van der Waals surface area contributed by atoms with Gasteiger partial charge in [-0.05, 0) is 46.2 Å². The molecule has 2 aliphatic heterocycles. The Bertz CT molecular complexity index is 797. The zero-order chi connectivity index (χ0) is 18.6. The van der Waals surface area contributed by atoms with Crippen LogP contribution in [0.4, 0.5) is 4.79 Å². The van der Waals surface area contributed by atoms with Crippen LogP contribution in [-0.2, 0) is 14.8 Å². The molecule has 2 fully saturated rings. The van der Waals surface area contributed by atoms with E-state index >= 15 is 0 Å². The van der Waals surface area contributed by atoms with Gasteiger partial charge >= 0.3 is 6.09 Å². The normalized spacial score (nSPS) is 20.1. The number of carbonyl (C=O) groups excluding carboxylic acids is 1. The second-order valence-electron chi connectivity index (χ2n) is 8.38. The number of amides is 1. The fourth-order valence-electron chi connectivity index (χ4n) is 3.52. The first-order valence-electron chi connectivity index (χ1n) is 8.47. The third kappa shape index (κ3) is 3.40. The molecule has 0 radical (unpaired) electrons. The second-order valence-corrected chi connectivity index (χ2v) is 10.3. The zero-order valence-corrected chi connectivity index (χ0v) is 16.3. The van der Waals surface area contributed by atoms with Crippen LogP contribution in [0.3, 0.4) is 0 Å². The van der Waals surface area contributed by atoms with E-state index in [4.69, 9.17) is 4.74 Å². The molecule has 1 aromatic rings. The van der Waals surface area contributed by atoms with E-state index in [1.807, 2.05) is 46.8 Å². The molecule has 1 aromatic carbocycles. The lowest BCUT2D eigenvalue weighted by atomic mass is 9.75. The standard InChI is InChI=1S/C18H26N2O4S/c1-13-6-7-15(14(2)8-13)25(22,23)20-11-18(12-20)9-19(10-18)16(21)24-17(3,4)5/h6-8H,9-12H2,1-5H3. The minimum atomic E-state index is -3.46. The van der Waals surface area contributed by atoms with Gasteiger partial charge in [-0.25, -0.2) is 13.2 Å². The Morgan fingerprint density at radius 2 is 1.72 bits per heavy atom. The summed E-state index contributed by atoms with van der Waals surface area (Å²) in [5.74, 6) is 0. The minimum Gasteiger partial charge on any atom is -0.444 e. The highest BCUT2D eigenvalue weighted by Crippen LogP contribution is 2.43. The highest BCUT2D eigenvalue weighted by Gasteiger charge is 2.57. The first-order chi connectivity index (χ1) is 11.4. The molecule has 2 aliphatic rings. The number of hydrogen-bond donors (Lipinski definition) is 0. The predicted molar refractivity (Wildman–Crippen MR) is 94.9 cm³/mol. The fraction of sp³-hybridized carbons (Fsp3) is 0.611. The van der Waals surface area contributed by atoms with Gasteiger partial charge in [0.2, 0.25) is 10.0 Å². The van der Waals surface area contributed by atoms with E-state index in [1.54, 1.807) is 11.0 Å². The third-order valence-electron chi connectivity index (χ3n) is 4.68. The van der Waals surface area contributed by atoms with Crippen molar-refractivity contribution in [3.63, 3.8) is 0 Å². The Kier molecular flexibility index (Phi) is 4.15. The van der Waals surface area contributed by atoms with Gasteiger partial charge < -0.3 is 9.64 Å². The molecule has 0 saturated carbocycles. The Morgan fingerprint density at radius 3 is 2.24 bits per heavy atom. The molecule has 138 valence electrons. The second kappa shape index (κ2) is 5.71. The summed E-state index contributed by atoms with van der Waals surface area (Å²) in [6, 6.07) is 5.39. The molecule has 25 heavy (non-hydrogen) atoms. The first-order valence-corrected chi connectivity index (χ1v) is 9.91. The number of benzene rings is 1. The van der Waals surface area contributed by atoms with Gasteiger partial charge in [-0.3, -0.25) is 0 Å². The van der Waals surface area contributed by atoms with Crippen LogP contribution in [0.25, 0.3) is 0 Å². The molecule has 1 spiro atoms. The van der Waals surface area contributed by atoms with Crippen molar-refractivity contribution in [2.24, 2.45) is 5.41 Å². The fourth-order valence-corrected chi connectivity index (χ4v) is 5.39. The summed E-state index contributed by atoms with van der Waals surface area (Å²) in [5, 5.41) is 0. The summed E-state index contributed by atoms with van der Waals surface area (Å²) in [5.41, 5.74) is 1.19. The number of hydrogen-bond acceptors (Lipinski definition) is 4. The Balaban J connectivity index is 1.61. The molecule has 2 heterocycles. The number of ether oxygens (including phenoxy) is 1. The van der Waals surface area contributed by atoms with Crippen LogP contribution >= 0.6 is 0 Å². The van der Waals surface area contributed by atoms with E-state index in [9.17, 15) is 13.2 Å². The zero-order valence-electron chi connectivity index (χ0n) is 15.5. The van der Waals surface area contributed by atoms with Crippen LogP contribution in [0, 0.1) is 19.3 Å². The van der Waals surface area contributed by atoms with Gasteiger partial charge in [-0.15, -0.1) is 0 Å². The van der Waals surface area contributed by atoms with Crippen LogP contribution in [-0.4, -0.2) is 55.5 Å². The Labute approximate surface area is 149 Å². The molecule has 0 N–H and O–H groups in total. The maximum Gasteiger partial charge on any atom is 0.410 e. The van der Waals surface area contributed by atoms with E-state index in [-0.39, 0.29) is 11.5 Å². The average molecular weight is 366 g/mol. The molecule has 1 amide bonds. The third-order valence-corrected chi connectivity index (χ3v) is 6.63. The van der Waals surface area contributed by atoms with Gasteiger partial charge in [0.1, 0.15) is 5.60 Å². The van der Waals surface area contributed by atoms with Gasteiger partial charge in [0.05, 0.1) is 4.90 Å². The molecule has 0 bridgehead atoms. The summed E-state index contributed by atoms with van der Waals surface area (Å²) in [6.45, 7) is 11.3. The van der Waals surface area contributed by atoms with Gasteiger partial charge in [-0.2, -0.15) is 4.31 Å². The SMILES string of the molecule is Cc1ccc(S(=O)(=O)N2CC3(CN(C(=O)OC(C)(C)C)C3)C2)c(C)c1. The monoisotopic (exact) mass is 366 g/mol. The first kappa shape index (κ1) is 18.2. The van der Waals surface area contributed by atoms with Crippen LogP contribution < -0.4 is 0 Å². The quantitative estimate of drug-likeness (QED) is 0.807. The van der Waals surface area contributed by atoms with E-state index in [1.165, 1.54) is 4.31 Å². The summed E-state index contributed by atoms with van der Waals surface area (Å²) in [7, 11) is -3.46. The lowest BCUT2D eigenvalue weighted by Crippen LogP contribution is -2.73. The number of carbonyl (C=O) groups is 1. The smallest absolute Gasteiger partial charge is 0.410 e. The van der Waals surface area contributed by atoms with Crippen molar-refractivity contribution in [1.82, 2.24) is 9.21 Å². The summed E-state index contributed by atoms with van der Waals surface area (Å²) < 4.78 is 32.5. The van der Waals surface area contributed by atoms with Gasteiger partial charge in [0.25, 0.3) is 0 Å². The lowest BCUT2D eigenvalue weighted by Gasteiger charge is -2.59. The number of nitrogens with zero attached hydrogens (tertiary/aromatic N) is 2. The van der Waals surface area contributed by atoms with Crippen LogP contribution in [0.5, 0.6) is 0 Å². The van der Waals surface area contributed by atoms with Gasteiger partial charge in [-0.1, -0.05) is 17.7 Å². The molecule has 3 rings (SSSR count). The van der Waals surface area contributed by atoms with Crippen molar-refractivity contribution in [1.29, 1.82) is 0 Å². The van der Waals surface area contributed by atoms with Crippen molar-refractivity contribution in [3.8, 4) is 0 Å². The summed E-state index contributed by atoms with van der Waals surface area (Å²) in [4.78, 5) is 14.0. The van der Waals surface area contributed by atoms with E-state index in [0.29, 0.717) is 31.1 Å². The minimum absolute atomic E-state index is 0.109. The Morgan fingerprint density at radius 1 is 1.12 bits per heavy atom. The average Bonchev–Trinajstić information content (AvgIpc) is 2.31. The van der Waals surface area contributed by atoms with Crippen LogP contribution in [0.1, 0.15) is 31.9 Å². The van der Waals surface area contributed by atoms with Crippen molar-refractivity contribution < 1.29 is 17.9 Å². The molecule has 0 unspecified atom stereocenters. The molecular formula is C18H26N2O4S. The van der Waals surface area contributed by atoms with E-state index in [0.717, 1.165) is 11.1 Å². The molecule has 0 aliphatic carbocycles. The number of aryl methyl sites for hydroxylation is 2. The molecule has 6 nitrogen and oxygen atoms in total. The van der Waals surface area contributed by atoms with Crippen molar-refractivity contribution >= 4 is 16.1 Å². The number of rotatable bonds is 2. The Hall–Kier alpha value is -1.60. The van der Waals surface area contributed by atoms with Gasteiger partial charge in [0, 0.05) is 31.6 Å². The van der Waals surface area contributed by atoms with Gasteiger partial charge in [0.15, 0.2) is 0 Å². The van der Waals surface area contributed by atoms with E-state index in [2.05, 4.69) is 0 Å². The van der Waals surface area contributed by atoms with Crippen molar-refractivity contribution in [3.05, 3.63) is 29.3 Å². The van der Waals surface area contributed by atoms with Crippen LogP contribution in [0.15, 0.2) is 23.1 Å². The topological polar surface area (TPSA) is 66.9 Å². The largest absolute Gasteiger partial charge is 0.444 e. The molecule has 0 aromatic heterocycles. The maximum atomic E-state index is 12.8. The number of likely N-dealkylation sites (tertiary alicyclic amines) is 1. The highest BCUT2D eigenvalue weighted by atomic mass is 32.2.